The molecule has 0 amide bonds. The van der Waals surface area contributed by atoms with Crippen LogP contribution >= 0.6 is 0 Å². The number of aliphatic hydroxyl groups is 1. The van der Waals surface area contributed by atoms with E-state index in [0.29, 0.717) is 12.1 Å². The second-order valence-corrected chi connectivity index (χ2v) is 4.83. The standard InChI is InChI=1S/C12H18FNO/c1-5-12(15,11(2,3)4)10-7-6-9(13)8-14-10/h6-8,15H,5H2,1-4H3. The van der Waals surface area contributed by atoms with Crippen LogP contribution in [0.25, 0.3) is 0 Å². The highest BCUT2D eigenvalue weighted by atomic mass is 19.1. The maximum atomic E-state index is 12.7. The first kappa shape index (κ1) is 12.1. The Labute approximate surface area is 90.2 Å². The molecule has 1 aromatic heterocycles. The summed E-state index contributed by atoms with van der Waals surface area (Å²) in [5.74, 6) is -0.383. The van der Waals surface area contributed by atoms with Gasteiger partial charge in [-0.1, -0.05) is 27.7 Å². The molecule has 1 rings (SSSR count). The molecular formula is C12H18FNO. The predicted octanol–water partition coefficient (Wildman–Crippen LogP) is 2.86. The van der Waals surface area contributed by atoms with Gasteiger partial charge in [0.2, 0.25) is 0 Å². The molecule has 1 atom stereocenters. The maximum absolute atomic E-state index is 12.7. The zero-order chi connectivity index (χ0) is 11.7. The van der Waals surface area contributed by atoms with Gasteiger partial charge in [-0.3, -0.25) is 4.98 Å². The lowest BCUT2D eigenvalue weighted by Crippen LogP contribution is -2.40. The average molecular weight is 211 g/mol. The van der Waals surface area contributed by atoms with E-state index in [1.54, 1.807) is 6.07 Å². The van der Waals surface area contributed by atoms with E-state index >= 15 is 0 Å². The van der Waals surface area contributed by atoms with E-state index in [0.717, 1.165) is 6.20 Å². The Morgan fingerprint density at radius 2 is 1.93 bits per heavy atom. The molecule has 0 spiro atoms. The minimum Gasteiger partial charge on any atom is -0.383 e. The van der Waals surface area contributed by atoms with Crippen molar-refractivity contribution in [2.75, 3.05) is 0 Å². The SMILES string of the molecule is CCC(O)(c1ccc(F)cn1)C(C)(C)C. The average Bonchev–Trinajstić information content (AvgIpc) is 2.16. The molecule has 3 heteroatoms. The minimum atomic E-state index is -1.01. The molecule has 15 heavy (non-hydrogen) atoms. The molecule has 0 saturated heterocycles. The van der Waals surface area contributed by atoms with Crippen LogP contribution in [0.5, 0.6) is 0 Å². The second-order valence-electron chi connectivity index (χ2n) is 4.83. The molecule has 1 unspecified atom stereocenters. The molecule has 1 aromatic rings. The fourth-order valence-corrected chi connectivity index (χ4v) is 1.72. The summed E-state index contributed by atoms with van der Waals surface area (Å²) >= 11 is 0. The zero-order valence-corrected chi connectivity index (χ0v) is 9.71. The van der Waals surface area contributed by atoms with Gasteiger partial charge in [0.1, 0.15) is 11.4 Å². The van der Waals surface area contributed by atoms with Crippen molar-refractivity contribution in [1.82, 2.24) is 4.98 Å². The lowest BCUT2D eigenvalue weighted by atomic mass is 9.72. The molecule has 0 bridgehead atoms. The van der Waals surface area contributed by atoms with Gasteiger partial charge in [-0.05, 0) is 24.0 Å². The Morgan fingerprint density at radius 1 is 1.33 bits per heavy atom. The third-order valence-corrected chi connectivity index (χ3v) is 2.90. The van der Waals surface area contributed by atoms with Gasteiger partial charge in [-0.2, -0.15) is 0 Å². The van der Waals surface area contributed by atoms with Gasteiger partial charge in [0.15, 0.2) is 0 Å². The van der Waals surface area contributed by atoms with Crippen LogP contribution in [0.2, 0.25) is 0 Å². The normalized spacial score (nSPS) is 16.1. The Hall–Kier alpha value is -0.960. The van der Waals surface area contributed by atoms with Gasteiger partial charge in [0.05, 0.1) is 11.9 Å². The topological polar surface area (TPSA) is 33.1 Å². The number of hydrogen-bond acceptors (Lipinski definition) is 2. The van der Waals surface area contributed by atoms with E-state index in [9.17, 15) is 9.50 Å². The fourth-order valence-electron chi connectivity index (χ4n) is 1.72. The number of rotatable bonds is 2. The molecular weight excluding hydrogens is 193 g/mol. The minimum absolute atomic E-state index is 0.327. The smallest absolute Gasteiger partial charge is 0.141 e. The molecule has 1 N–H and O–H groups in total. The molecule has 0 aliphatic rings. The van der Waals surface area contributed by atoms with Gasteiger partial charge in [0, 0.05) is 0 Å². The third kappa shape index (κ3) is 2.17. The lowest BCUT2D eigenvalue weighted by molar-refractivity contribution is -0.0710. The lowest BCUT2D eigenvalue weighted by Gasteiger charge is -2.39. The first-order valence-corrected chi connectivity index (χ1v) is 5.15. The molecule has 0 fully saturated rings. The summed E-state index contributed by atoms with van der Waals surface area (Å²) in [6, 6.07) is 2.87. The summed E-state index contributed by atoms with van der Waals surface area (Å²) in [4.78, 5) is 3.96. The second kappa shape index (κ2) is 3.89. The number of aromatic nitrogens is 1. The Morgan fingerprint density at radius 3 is 2.27 bits per heavy atom. The van der Waals surface area contributed by atoms with Crippen LogP contribution in [-0.4, -0.2) is 10.1 Å². The van der Waals surface area contributed by atoms with Crippen molar-refractivity contribution in [3.05, 3.63) is 29.8 Å². The highest BCUT2D eigenvalue weighted by molar-refractivity contribution is 5.16. The van der Waals surface area contributed by atoms with Crippen molar-refractivity contribution in [2.24, 2.45) is 5.41 Å². The summed E-state index contributed by atoms with van der Waals surface area (Å²) < 4.78 is 12.7. The summed E-state index contributed by atoms with van der Waals surface area (Å²) in [7, 11) is 0. The van der Waals surface area contributed by atoms with E-state index in [4.69, 9.17) is 0 Å². The molecule has 1 heterocycles. The van der Waals surface area contributed by atoms with Crippen molar-refractivity contribution < 1.29 is 9.50 Å². The van der Waals surface area contributed by atoms with Gasteiger partial charge in [-0.15, -0.1) is 0 Å². The van der Waals surface area contributed by atoms with E-state index < -0.39 is 5.60 Å². The van der Waals surface area contributed by atoms with Gasteiger partial charge in [-0.25, -0.2) is 4.39 Å². The van der Waals surface area contributed by atoms with E-state index in [1.807, 2.05) is 27.7 Å². The molecule has 0 aliphatic carbocycles. The number of halogens is 1. The van der Waals surface area contributed by atoms with Crippen LogP contribution in [-0.2, 0) is 5.60 Å². The summed E-state index contributed by atoms with van der Waals surface area (Å²) in [6.45, 7) is 7.74. The maximum Gasteiger partial charge on any atom is 0.141 e. The molecule has 0 aliphatic heterocycles. The van der Waals surface area contributed by atoms with Crippen molar-refractivity contribution in [1.29, 1.82) is 0 Å². The summed E-state index contributed by atoms with van der Waals surface area (Å²) in [5, 5.41) is 10.5. The number of pyridine rings is 1. The van der Waals surface area contributed by atoms with Crippen molar-refractivity contribution >= 4 is 0 Å². The first-order chi connectivity index (χ1) is 6.81. The number of nitrogens with zero attached hydrogens (tertiary/aromatic N) is 1. The third-order valence-electron chi connectivity index (χ3n) is 2.90. The highest BCUT2D eigenvalue weighted by Crippen LogP contribution is 2.40. The van der Waals surface area contributed by atoms with Crippen LogP contribution in [0.4, 0.5) is 4.39 Å². The first-order valence-electron chi connectivity index (χ1n) is 5.15. The monoisotopic (exact) mass is 211 g/mol. The molecule has 2 nitrogen and oxygen atoms in total. The highest BCUT2D eigenvalue weighted by Gasteiger charge is 2.41. The summed E-state index contributed by atoms with van der Waals surface area (Å²) in [6.07, 6.45) is 1.69. The quantitative estimate of drug-likeness (QED) is 0.816. The number of hydrogen-bond donors (Lipinski definition) is 1. The zero-order valence-electron chi connectivity index (χ0n) is 9.71. The van der Waals surface area contributed by atoms with Crippen LogP contribution in [0.1, 0.15) is 39.8 Å². The Bertz CT molecular complexity index is 328. The van der Waals surface area contributed by atoms with E-state index in [2.05, 4.69) is 4.98 Å². The largest absolute Gasteiger partial charge is 0.383 e. The Kier molecular flexibility index (Phi) is 3.14. The van der Waals surface area contributed by atoms with Crippen molar-refractivity contribution in [2.45, 2.75) is 39.7 Å². The van der Waals surface area contributed by atoms with Gasteiger partial charge < -0.3 is 5.11 Å². The fraction of sp³-hybridized carbons (Fsp3) is 0.583. The van der Waals surface area contributed by atoms with E-state index in [1.165, 1.54) is 6.07 Å². The predicted molar refractivity (Wildman–Crippen MR) is 57.8 cm³/mol. The summed E-state index contributed by atoms with van der Waals surface area (Å²) in [5.41, 5.74) is -0.813. The van der Waals surface area contributed by atoms with Crippen molar-refractivity contribution in [3.8, 4) is 0 Å². The van der Waals surface area contributed by atoms with Crippen LogP contribution in [0.15, 0.2) is 18.3 Å². The van der Waals surface area contributed by atoms with Gasteiger partial charge in [0.25, 0.3) is 0 Å². The van der Waals surface area contributed by atoms with Crippen LogP contribution < -0.4 is 0 Å². The van der Waals surface area contributed by atoms with Crippen LogP contribution in [0.3, 0.4) is 0 Å². The van der Waals surface area contributed by atoms with Gasteiger partial charge >= 0.3 is 0 Å². The van der Waals surface area contributed by atoms with Crippen molar-refractivity contribution in [3.63, 3.8) is 0 Å². The Balaban J connectivity index is 3.18. The molecule has 84 valence electrons. The van der Waals surface area contributed by atoms with Crippen LogP contribution in [0, 0.1) is 11.2 Å². The molecule has 0 saturated carbocycles. The molecule has 0 radical (unpaired) electrons. The molecule has 0 aromatic carbocycles. The van der Waals surface area contributed by atoms with E-state index in [-0.39, 0.29) is 11.2 Å².